The Balaban J connectivity index is 1.50. The van der Waals surface area contributed by atoms with E-state index in [-0.39, 0.29) is 17.5 Å². The summed E-state index contributed by atoms with van der Waals surface area (Å²) in [5.74, 6) is -0.372. The zero-order chi connectivity index (χ0) is 27.5. The SMILES string of the molecule is N=Cc1cc(/C=C2\SC(N3CCCNCC3)=NC2=O)ccc1NCc1ccc(C(F)(F)F)cc1C(F)(F)F. The average Bonchev–Trinajstić information content (AvgIpc) is 3.05. The third-order valence-electron chi connectivity index (χ3n) is 5.96. The lowest BCUT2D eigenvalue weighted by Gasteiger charge is -2.20. The molecule has 2 heterocycles. The number of benzene rings is 2. The smallest absolute Gasteiger partial charge is 0.380 e. The second-order valence-electron chi connectivity index (χ2n) is 8.61. The Morgan fingerprint density at radius 3 is 2.55 bits per heavy atom. The van der Waals surface area contributed by atoms with Gasteiger partial charge in [-0.05, 0) is 66.2 Å². The maximum absolute atomic E-state index is 13.4. The molecule has 0 aromatic heterocycles. The van der Waals surface area contributed by atoms with Gasteiger partial charge in [0.2, 0.25) is 0 Å². The quantitative estimate of drug-likeness (QED) is 0.254. The first-order chi connectivity index (χ1) is 18.0. The number of hydrogen-bond donors (Lipinski definition) is 3. The van der Waals surface area contributed by atoms with Crippen LogP contribution in [0.3, 0.4) is 0 Å². The van der Waals surface area contributed by atoms with Gasteiger partial charge in [0.15, 0.2) is 5.17 Å². The molecule has 13 heteroatoms. The van der Waals surface area contributed by atoms with Gasteiger partial charge >= 0.3 is 12.4 Å². The van der Waals surface area contributed by atoms with Gasteiger partial charge in [-0.15, -0.1) is 0 Å². The van der Waals surface area contributed by atoms with Crippen LogP contribution in [0.15, 0.2) is 46.3 Å². The van der Waals surface area contributed by atoms with Gasteiger partial charge in [0.25, 0.3) is 5.91 Å². The van der Waals surface area contributed by atoms with Crippen molar-refractivity contribution >= 4 is 40.8 Å². The first kappa shape index (κ1) is 27.7. The first-order valence-corrected chi connectivity index (χ1v) is 12.4. The summed E-state index contributed by atoms with van der Waals surface area (Å²) in [7, 11) is 0. The van der Waals surface area contributed by atoms with E-state index in [0.717, 1.165) is 44.9 Å². The minimum absolute atomic E-state index is 0.0958. The maximum Gasteiger partial charge on any atom is 0.416 e. The predicted octanol–water partition coefficient (Wildman–Crippen LogP) is 5.60. The Bertz CT molecular complexity index is 1280. The molecule has 1 saturated heterocycles. The van der Waals surface area contributed by atoms with E-state index in [1.165, 1.54) is 17.8 Å². The molecule has 0 atom stereocenters. The monoisotopic (exact) mass is 555 g/mol. The Kier molecular flexibility index (Phi) is 8.16. The molecule has 0 unspecified atom stereocenters. The molecule has 3 N–H and O–H groups in total. The molecule has 202 valence electrons. The molecule has 4 rings (SSSR count). The van der Waals surface area contributed by atoms with E-state index in [1.807, 2.05) is 0 Å². The molecule has 0 spiro atoms. The molecule has 2 aromatic carbocycles. The van der Waals surface area contributed by atoms with E-state index < -0.39 is 30.0 Å². The fourth-order valence-electron chi connectivity index (χ4n) is 4.03. The van der Waals surface area contributed by atoms with Crippen LogP contribution in [0.25, 0.3) is 6.08 Å². The van der Waals surface area contributed by atoms with E-state index in [1.54, 1.807) is 18.2 Å². The summed E-state index contributed by atoms with van der Waals surface area (Å²) >= 11 is 1.26. The fourth-order valence-corrected chi connectivity index (χ4v) is 5.00. The van der Waals surface area contributed by atoms with Crippen molar-refractivity contribution in [3.63, 3.8) is 0 Å². The molecule has 1 amide bonds. The second-order valence-corrected chi connectivity index (χ2v) is 9.62. The molecule has 0 bridgehead atoms. The molecular weight excluding hydrogens is 532 g/mol. The van der Waals surface area contributed by atoms with Gasteiger partial charge in [-0.1, -0.05) is 12.1 Å². The zero-order valence-electron chi connectivity index (χ0n) is 19.8. The summed E-state index contributed by atoms with van der Waals surface area (Å²) in [6, 6.07) is 6.24. The van der Waals surface area contributed by atoms with Gasteiger partial charge in [-0.3, -0.25) is 4.79 Å². The zero-order valence-corrected chi connectivity index (χ0v) is 20.7. The number of thioether (sulfide) groups is 1. The normalized spacial score (nSPS) is 17.9. The summed E-state index contributed by atoms with van der Waals surface area (Å²) in [5.41, 5.74) is -1.90. The average molecular weight is 556 g/mol. The van der Waals surface area contributed by atoms with Crippen LogP contribution in [0.4, 0.5) is 32.0 Å². The molecule has 0 aliphatic carbocycles. The van der Waals surface area contributed by atoms with Crippen LogP contribution in [0, 0.1) is 5.41 Å². The van der Waals surface area contributed by atoms with Crippen LogP contribution in [-0.2, 0) is 23.7 Å². The van der Waals surface area contributed by atoms with Crippen LogP contribution in [-0.4, -0.2) is 48.4 Å². The first-order valence-electron chi connectivity index (χ1n) is 11.6. The number of aliphatic imine (C=N–C) groups is 1. The van der Waals surface area contributed by atoms with Gasteiger partial charge in [0.1, 0.15) is 0 Å². The topological polar surface area (TPSA) is 80.6 Å². The van der Waals surface area contributed by atoms with Gasteiger partial charge in [0.05, 0.1) is 16.0 Å². The van der Waals surface area contributed by atoms with Crippen molar-refractivity contribution in [2.45, 2.75) is 25.3 Å². The molecule has 2 aromatic rings. The third-order valence-corrected chi connectivity index (χ3v) is 7.01. The van der Waals surface area contributed by atoms with Crippen molar-refractivity contribution in [2.75, 3.05) is 31.5 Å². The lowest BCUT2D eigenvalue weighted by Crippen LogP contribution is -2.31. The molecule has 1 fully saturated rings. The van der Waals surface area contributed by atoms with Crippen molar-refractivity contribution in [2.24, 2.45) is 4.99 Å². The molecular formula is C25H23F6N5OS. The largest absolute Gasteiger partial charge is 0.416 e. The van der Waals surface area contributed by atoms with E-state index in [0.29, 0.717) is 33.0 Å². The Hall–Kier alpha value is -3.32. The Labute approximate surface area is 218 Å². The van der Waals surface area contributed by atoms with Crippen molar-refractivity contribution < 1.29 is 31.1 Å². The summed E-state index contributed by atoms with van der Waals surface area (Å²) < 4.78 is 79.1. The summed E-state index contributed by atoms with van der Waals surface area (Å²) in [6.07, 6.45) is -6.32. The molecule has 6 nitrogen and oxygen atoms in total. The van der Waals surface area contributed by atoms with Crippen LogP contribution < -0.4 is 10.6 Å². The Morgan fingerprint density at radius 1 is 1.05 bits per heavy atom. The van der Waals surface area contributed by atoms with Crippen LogP contribution in [0.5, 0.6) is 0 Å². The number of rotatable bonds is 5. The summed E-state index contributed by atoms with van der Waals surface area (Å²) in [4.78, 5) is 19.1. The number of hydrogen-bond acceptors (Lipinski definition) is 6. The Morgan fingerprint density at radius 2 is 1.84 bits per heavy atom. The number of halogens is 6. The molecule has 0 radical (unpaired) electrons. The van der Waals surface area contributed by atoms with Crippen LogP contribution >= 0.6 is 11.8 Å². The van der Waals surface area contributed by atoms with Gasteiger partial charge < -0.3 is 20.9 Å². The number of amides is 1. The predicted molar refractivity (Wildman–Crippen MR) is 135 cm³/mol. The highest BCUT2D eigenvalue weighted by atomic mass is 32.2. The van der Waals surface area contributed by atoms with Gasteiger partial charge in [-0.25, -0.2) is 0 Å². The van der Waals surface area contributed by atoms with E-state index in [4.69, 9.17) is 5.41 Å². The highest BCUT2D eigenvalue weighted by Gasteiger charge is 2.38. The minimum Gasteiger partial charge on any atom is -0.380 e. The number of nitrogens with zero attached hydrogens (tertiary/aromatic N) is 2. The third kappa shape index (κ3) is 6.57. The molecule has 0 saturated carbocycles. The van der Waals surface area contributed by atoms with E-state index in [9.17, 15) is 31.1 Å². The van der Waals surface area contributed by atoms with Crippen molar-refractivity contribution in [1.29, 1.82) is 5.41 Å². The second kappa shape index (κ2) is 11.2. The number of alkyl halides is 6. The van der Waals surface area contributed by atoms with Gasteiger partial charge in [-0.2, -0.15) is 31.3 Å². The minimum atomic E-state index is -4.98. The van der Waals surface area contributed by atoms with Crippen LogP contribution in [0.1, 0.15) is 34.2 Å². The van der Waals surface area contributed by atoms with Gasteiger partial charge in [0, 0.05) is 43.6 Å². The van der Waals surface area contributed by atoms with E-state index >= 15 is 0 Å². The van der Waals surface area contributed by atoms with Crippen molar-refractivity contribution in [3.8, 4) is 0 Å². The number of amidine groups is 1. The lowest BCUT2D eigenvalue weighted by atomic mass is 10.0. The van der Waals surface area contributed by atoms with Crippen LogP contribution in [0.2, 0.25) is 0 Å². The van der Waals surface area contributed by atoms with E-state index in [2.05, 4.69) is 20.5 Å². The number of nitrogens with one attached hydrogen (secondary N) is 3. The van der Waals surface area contributed by atoms with Crippen molar-refractivity contribution in [1.82, 2.24) is 10.2 Å². The standard InChI is InChI=1S/C25H23F6N5OS/c26-24(27,28)18-4-3-16(19(12-18)25(29,30)31)14-34-20-5-2-15(10-17(20)13-32)11-21-22(37)35-23(38-21)36-8-1-6-33-7-9-36/h2-5,10-13,32-34H,1,6-9,14H2/b21-11-,32-13?. The molecule has 2 aliphatic heterocycles. The summed E-state index contributed by atoms with van der Waals surface area (Å²) in [6.45, 7) is 2.80. The number of carbonyl (C=O) groups excluding carboxylic acids is 1. The van der Waals surface area contributed by atoms with Crippen molar-refractivity contribution in [3.05, 3.63) is 69.1 Å². The maximum atomic E-state index is 13.4. The fraction of sp³-hybridized carbons (Fsp3) is 0.320. The molecule has 38 heavy (non-hydrogen) atoms. The highest BCUT2D eigenvalue weighted by molar-refractivity contribution is 8.18. The molecule has 2 aliphatic rings. The highest BCUT2D eigenvalue weighted by Crippen LogP contribution is 2.38. The summed E-state index contributed by atoms with van der Waals surface area (Å²) in [5, 5.41) is 14.4. The number of carbonyl (C=O) groups is 1. The lowest BCUT2D eigenvalue weighted by molar-refractivity contribution is -0.143. The number of anilines is 1.